The fraction of sp³-hybridized carbons (Fsp3) is 1.00. The number of hydrogen-bond acceptors (Lipinski definition) is 4. The van der Waals surface area contributed by atoms with E-state index in [1.165, 1.54) is 0 Å². The van der Waals surface area contributed by atoms with E-state index >= 15 is 0 Å². The monoisotopic (exact) mass is 146 g/mol. The Morgan fingerprint density at radius 2 is 2.40 bits per heavy atom. The zero-order valence-corrected chi connectivity index (χ0v) is 5.88. The average Bonchev–Trinajstić information content (AvgIpc) is 1.96. The fourth-order valence-corrected chi connectivity index (χ4v) is 1.14. The summed E-state index contributed by atoms with van der Waals surface area (Å²) < 4.78 is 0. The minimum Gasteiger partial charge on any atom is -0.389 e. The van der Waals surface area contributed by atoms with Gasteiger partial charge in [0.1, 0.15) is 5.60 Å². The number of rotatable bonds is 1. The van der Waals surface area contributed by atoms with Crippen LogP contribution in [0.2, 0.25) is 0 Å². The van der Waals surface area contributed by atoms with Crippen molar-refractivity contribution in [3.05, 3.63) is 0 Å². The van der Waals surface area contributed by atoms with Gasteiger partial charge in [0.05, 0.1) is 6.10 Å². The van der Waals surface area contributed by atoms with Gasteiger partial charge in [0, 0.05) is 13.1 Å². The molecule has 0 aliphatic carbocycles. The predicted octanol–water partition coefficient (Wildman–Crippen LogP) is -1.97. The average molecular weight is 146 g/mol. The second-order valence-corrected chi connectivity index (χ2v) is 2.78. The summed E-state index contributed by atoms with van der Waals surface area (Å²) in [5.41, 5.74) is 4.24. The van der Waals surface area contributed by atoms with E-state index in [1.54, 1.807) is 0 Å². The molecule has 1 aliphatic rings. The molecule has 0 spiro atoms. The largest absolute Gasteiger partial charge is 0.389 e. The van der Waals surface area contributed by atoms with Crippen molar-refractivity contribution in [2.24, 2.45) is 5.73 Å². The summed E-state index contributed by atoms with van der Waals surface area (Å²) in [5.74, 6) is 0. The zero-order chi connectivity index (χ0) is 7.61. The minimum atomic E-state index is -1.05. The second-order valence-electron chi connectivity index (χ2n) is 2.78. The molecule has 1 rings (SSSR count). The van der Waals surface area contributed by atoms with E-state index < -0.39 is 11.7 Å². The van der Waals surface area contributed by atoms with Crippen molar-refractivity contribution >= 4 is 0 Å². The molecule has 0 aromatic carbocycles. The Kier molecular flexibility index (Phi) is 2.25. The fourth-order valence-electron chi connectivity index (χ4n) is 1.14. The van der Waals surface area contributed by atoms with E-state index in [0.717, 1.165) is 6.54 Å². The van der Waals surface area contributed by atoms with Crippen LogP contribution in [0.25, 0.3) is 0 Å². The van der Waals surface area contributed by atoms with Gasteiger partial charge in [0.2, 0.25) is 0 Å². The molecule has 0 aromatic heterocycles. The molecule has 1 saturated heterocycles. The molecular formula is C6H14N2O2. The van der Waals surface area contributed by atoms with Crippen LogP contribution in [0.5, 0.6) is 0 Å². The van der Waals surface area contributed by atoms with Crippen LogP contribution in [-0.2, 0) is 0 Å². The highest BCUT2D eigenvalue weighted by atomic mass is 16.3. The van der Waals surface area contributed by atoms with Gasteiger partial charge in [0.15, 0.2) is 0 Å². The summed E-state index contributed by atoms with van der Waals surface area (Å²) in [7, 11) is 0. The number of nitrogens with two attached hydrogens (primary N) is 1. The van der Waals surface area contributed by atoms with Crippen molar-refractivity contribution in [1.82, 2.24) is 5.32 Å². The second kappa shape index (κ2) is 2.84. The first-order valence-electron chi connectivity index (χ1n) is 3.50. The summed E-state index contributed by atoms with van der Waals surface area (Å²) in [6.45, 7) is 1.30. The molecule has 1 heterocycles. The summed E-state index contributed by atoms with van der Waals surface area (Å²) in [6.07, 6.45) is -0.184. The number of piperidine rings is 1. The first-order valence-corrected chi connectivity index (χ1v) is 3.50. The summed E-state index contributed by atoms with van der Waals surface area (Å²) in [6, 6.07) is 0. The highest BCUT2D eigenvalue weighted by Gasteiger charge is 2.36. The third-order valence-electron chi connectivity index (χ3n) is 2.05. The van der Waals surface area contributed by atoms with Crippen LogP contribution in [-0.4, -0.2) is 41.6 Å². The number of aliphatic hydroxyl groups is 2. The van der Waals surface area contributed by atoms with Crippen molar-refractivity contribution in [3.63, 3.8) is 0 Å². The van der Waals surface area contributed by atoms with Crippen LogP contribution in [0.1, 0.15) is 6.42 Å². The van der Waals surface area contributed by atoms with E-state index in [4.69, 9.17) is 5.73 Å². The molecule has 0 bridgehead atoms. The van der Waals surface area contributed by atoms with Crippen LogP contribution in [0.3, 0.4) is 0 Å². The number of aliphatic hydroxyl groups excluding tert-OH is 1. The lowest BCUT2D eigenvalue weighted by Gasteiger charge is -2.36. The molecule has 4 heteroatoms. The van der Waals surface area contributed by atoms with Gasteiger partial charge in [-0.15, -0.1) is 0 Å². The van der Waals surface area contributed by atoms with Crippen molar-refractivity contribution in [3.8, 4) is 0 Å². The van der Waals surface area contributed by atoms with E-state index in [2.05, 4.69) is 5.32 Å². The molecular weight excluding hydrogens is 132 g/mol. The van der Waals surface area contributed by atoms with Gasteiger partial charge in [-0.2, -0.15) is 0 Å². The quantitative estimate of drug-likeness (QED) is 0.346. The molecule has 0 aromatic rings. The lowest BCUT2D eigenvalue weighted by atomic mass is 9.90. The molecule has 0 amide bonds. The number of nitrogens with one attached hydrogen (secondary N) is 1. The molecule has 0 radical (unpaired) electrons. The smallest absolute Gasteiger partial charge is 0.105 e. The van der Waals surface area contributed by atoms with Crippen LogP contribution >= 0.6 is 0 Å². The number of hydrogen-bond donors (Lipinski definition) is 4. The Morgan fingerprint density at radius 1 is 1.70 bits per heavy atom. The van der Waals surface area contributed by atoms with Crippen molar-refractivity contribution in [2.45, 2.75) is 18.1 Å². The van der Waals surface area contributed by atoms with E-state index in [-0.39, 0.29) is 6.54 Å². The summed E-state index contributed by atoms with van der Waals surface area (Å²) in [5, 5.41) is 21.7. The Bertz CT molecular complexity index is 120. The van der Waals surface area contributed by atoms with E-state index in [9.17, 15) is 10.2 Å². The van der Waals surface area contributed by atoms with Gasteiger partial charge in [-0.25, -0.2) is 0 Å². The Morgan fingerprint density at radius 3 is 2.80 bits per heavy atom. The van der Waals surface area contributed by atoms with E-state index in [1.807, 2.05) is 0 Å². The van der Waals surface area contributed by atoms with Gasteiger partial charge >= 0.3 is 0 Å². The van der Waals surface area contributed by atoms with Gasteiger partial charge < -0.3 is 21.3 Å². The topological polar surface area (TPSA) is 78.5 Å². The SMILES string of the molecule is NC[C@]1(O)CCNC[C@H]1O. The molecule has 10 heavy (non-hydrogen) atoms. The molecule has 1 fully saturated rings. The van der Waals surface area contributed by atoms with E-state index in [0.29, 0.717) is 13.0 Å². The van der Waals surface area contributed by atoms with Crippen molar-refractivity contribution in [2.75, 3.05) is 19.6 Å². The lowest BCUT2D eigenvalue weighted by molar-refractivity contribution is -0.0847. The molecule has 1 aliphatic heterocycles. The molecule has 5 N–H and O–H groups in total. The maximum atomic E-state index is 9.53. The lowest BCUT2D eigenvalue weighted by Crippen LogP contribution is -2.57. The summed E-state index contributed by atoms with van der Waals surface area (Å²) in [4.78, 5) is 0. The highest BCUT2D eigenvalue weighted by Crippen LogP contribution is 2.16. The zero-order valence-electron chi connectivity index (χ0n) is 5.88. The van der Waals surface area contributed by atoms with Crippen LogP contribution in [0.15, 0.2) is 0 Å². The minimum absolute atomic E-state index is 0.135. The van der Waals surface area contributed by atoms with Crippen LogP contribution < -0.4 is 11.1 Å². The molecule has 2 atom stereocenters. The first kappa shape index (κ1) is 7.94. The third-order valence-corrected chi connectivity index (χ3v) is 2.05. The highest BCUT2D eigenvalue weighted by molar-refractivity contribution is 4.92. The van der Waals surface area contributed by atoms with Gasteiger partial charge in [-0.3, -0.25) is 0 Å². The van der Waals surface area contributed by atoms with Crippen molar-refractivity contribution in [1.29, 1.82) is 0 Å². The molecule has 0 unspecified atom stereocenters. The maximum absolute atomic E-state index is 9.53. The van der Waals surface area contributed by atoms with Gasteiger partial charge in [-0.05, 0) is 13.0 Å². The third kappa shape index (κ3) is 1.29. The summed E-state index contributed by atoms with van der Waals surface area (Å²) >= 11 is 0. The number of β-amino-alcohol motifs (C(OH)–C–C–N with tert-alkyl or cyclic N) is 1. The van der Waals surface area contributed by atoms with Crippen LogP contribution in [0.4, 0.5) is 0 Å². The molecule has 0 saturated carbocycles. The van der Waals surface area contributed by atoms with Crippen molar-refractivity contribution < 1.29 is 10.2 Å². The molecule has 4 nitrogen and oxygen atoms in total. The van der Waals surface area contributed by atoms with Gasteiger partial charge in [-0.1, -0.05) is 0 Å². The first-order chi connectivity index (χ1) is 4.69. The maximum Gasteiger partial charge on any atom is 0.105 e. The van der Waals surface area contributed by atoms with Crippen LogP contribution in [0, 0.1) is 0 Å². The normalized spacial score (nSPS) is 41.7. The molecule has 60 valence electrons. The standard InChI is InChI=1S/C6H14N2O2/c7-4-6(10)1-2-8-3-5(6)9/h5,8-10H,1-4,7H2/t5-,6-/m1/s1. The Labute approximate surface area is 60.0 Å². The Hall–Kier alpha value is -0.160. The predicted molar refractivity (Wildman–Crippen MR) is 37.5 cm³/mol. The van der Waals surface area contributed by atoms with Gasteiger partial charge in [0.25, 0.3) is 0 Å². The Balaban J connectivity index is 2.54.